The van der Waals surface area contributed by atoms with Crippen LogP contribution in [-0.2, 0) is 6.54 Å². The van der Waals surface area contributed by atoms with Crippen molar-refractivity contribution in [1.82, 2.24) is 14.7 Å². The van der Waals surface area contributed by atoms with Gasteiger partial charge in [0.05, 0.1) is 12.5 Å². The molecule has 2 heterocycles. The molecule has 1 aromatic carbocycles. The molecule has 0 unspecified atom stereocenters. The van der Waals surface area contributed by atoms with Gasteiger partial charge in [-0.15, -0.1) is 0 Å². The van der Waals surface area contributed by atoms with E-state index >= 15 is 0 Å². The van der Waals surface area contributed by atoms with Crippen molar-refractivity contribution in [3.05, 3.63) is 29.5 Å². The van der Waals surface area contributed by atoms with Gasteiger partial charge in [0.2, 0.25) is 0 Å². The first-order valence-corrected chi connectivity index (χ1v) is 7.27. The van der Waals surface area contributed by atoms with Gasteiger partial charge in [-0.1, -0.05) is 30.1 Å². The van der Waals surface area contributed by atoms with Crippen LogP contribution in [0.3, 0.4) is 0 Å². The second kappa shape index (κ2) is 5.77. The van der Waals surface area contributed by atoms with Gasteiger partial charge in [-0.05, 0) is 18.6 Å². The molecule has 0 aliphatic rings. The van der Waals surface area contributed by atoms with Gasteiger partial charge in [0.25, 0.3) is 0 Å². The van der Waals surface area contributed by atoms with Gasteiger partial charge in [-0.2, -0.15) is 0 Å². The number of hydrogen-bond donors (Lipinski definition) is 0. The summed E-state index contributed by atoms with van der Waals surface area (Å²) in [5.41, 5.74) is 1.23. The normalized spacial score (nSPS) is 11.2. The van der Waals surface area contributed by atoms with E-state index in [9.17, 15) is 0 Å². The van der Waals surface area contributed by atoms with Crippen LogP contribution in [0.2, 0.25) is 5.02 Å². The van der Waals surface area contributed by atoms with Gasteiger partial charge in [0, 0.05) is 18.9 Å². The predicted octanol–water partition coefficient (Wildman–Crippen LogP) is 4.15. The van der Waals surface area contributed by atoms with Crippen LogP contribution in [0.5, 0.6) is 5.75 Å². The van der Waals surface area contributed by atoms with Crippen LogP contribution in [0.4, 0.5) is 0 Å². The average molecular weight is 306 g/mol. The highest BCUT2D eigenvalue weighted by Gasteiger charge is 2.19. The number of aromatic nitrogens is 3. The maximum atomic E-state index is 6.25. The SMILES string of the molecule is CCCCn1ccnc1-c1noc2c(Cl)c(OC)ccc12. The van der Waals surface area contributed by atoms with E-state index < -0.39 is 0 Å². The van der Waals surface area contributed by atoms with Crippen molar-refractivity contribution >= 4 is 22.6 Å². The summed E-state index contributed by atoms with van der Waals surface area (Å²) in [6.07, 6.45) is 5.95. The molecule has 110 valence electrons. The molecule has 0 fully saturated rings. The maximum absolute atomic E-state index is 6.25. The number of aryl methyl sites for hydroxylation is 1. The fourth-order valence-corrected chi connectivity index (χ4v) is 2.58. The number of benzene rings is 1. The summed E-state index contributed by atoms with van der Waals surface area (Å²) in [5.74, 6) is 1.37. The number of methoxy groups -OCH3 is 1. The number of imidazole rings is 1. The lowest BCUT2D eigenvalue weighted by Gasteiger charge is -2.05. The zero-order valence-electron chi connectivity index (χ0n) is 12.0. The monoisotopic (exact) mass is 305 g/mol. The van der Waals surface area contributed by atoms with Crippen LogP contribution < -0.4 is 4.74 Å². The molecule has 6 heteroatoms. The summed E-state index contributed by atoms with van der Waals surface area (Å²) in [7, 11) is 1.57. The topological polar surface area (TPSA) is 53.1 Å². The standard InChI is InChI=1S/C15H16ClN3O2/c1-3-4-8-19-9-7-17-15(19)13-10-5-6-11(20-2)12(16)14(10)21-18-13/h5-7,9H,3-4,8H2,1-2H3. The largest absolute Gasteiger partial charge is 0.495 e. The van der Waals surface area contributed by atoms with Crippen LogP contribution in [0.1, 0.15) is 19.8 Å². The van der Waals surface area contributed by atoms with Crippen molar-refractivity contribution in [1.29, 1.82) is 0 Å². The summed E-state index contributed by atoms with van der Waals surface area (Å²) in [6.45, 7) is 3.07. The Kier molecular flexibility index (Phi) is 3.84. The first-order chi connectivity index (χ1) is 10.3. The zero-order valence-corrected chi connectivity index (χ0v) is 12.7. The Bertz CT molecular complexity index is 763. The molecule has 0 bridgehead atoms. The van der Waals surface area contributed by atoms with E-state index in [0.717, 1.165) is 30.6 Å². The molecule has 21 heavy (non-hydrogen) atoms. The van der Waals surface area contributed by atoms with Gasteiger partial charge < -0.3 is 13.8 Å². The van der Waals surface area contributed by atoms with E-state index in [0.29, 0.717) is 22.0 Å². The highest BCUT2D eigenvalue weighted by molar-refractivity contribution is 6.36. The number of rotatable bonds is 5. The van der Waals surface area contributed by atoms with Gasteiger partial charge >= 0.3 is 0 Å². The maximum Gasteiger partial charge on any atom is 0.189 e. The quantitative estimate of drug-likeness (QED) is 0.710. The smallest absolute Gasteiger partial charge is 0.189 e. The fourth-order valence-electron chi connectivity index (χ4n) is 2.31. The molecule has 0 spiro atoms. The van der Waals surface area contributed by atoms with Crippen molar-refractivity contribution in [2.75, 3.05) is 7.11 Å². The zero-order chi connectivity index (χ0) is 14.8. The Hall–Kier alpha value is -2.01. The van der Waals surface area contributed by atoms with Crippen molar-refractivity contribution in [3.8, 4) is 17.3 Å². The number of nitrogens with zero attached hydrogens (tertiary/aromatic N) is 3. The Morgan fingerprint density at radius 2 is 2.24 bits per heavy atom. The molecule has 5 nitrogen and oxygen atoms in total. The molecule has 0 saturated heterocycles. The van der Waals surface area contributed by atoms with Gasteiger partial charge in [-0.25, -0.2) is 4.98 Å². The molecule has 3 aromatic rings. The number of unbranched alkanes of at least 4 members (excludes halogenated alkanes) is 1. The molecule has 3 rings (SSSR count). The van der Waals surface area contributed by atoms with E-state index in [1.807, 2.05) is 18.3 Å². The van der Waals surface area contributed by atoms with E-state index in [1.165, 1.54) is 0 Å². The Balaban J connectivity index is 2.10. The first-order valence-electron chi connectivity index (χ1n) is 6.89. The number of hydrogen-bond acceptors (Lipinski definition) is 4. The molecule has 0 N–H and O–H groups in total. The van der Waals surface area contributed by atoms with Crippen LogP contribution >= 0.6 is 11.6 Å². The lowest BCUT2D eigenvalue weighted by molar-refractivity contribution is 0.412. The summed E-state index contributed by atoms with van der Waals surface area (Å²) >= 11 is 6.25. The molecule has 0 radical (unpaired) electrons. The number of ether oxygens (including phenoxy) is 1. The molecule has 2 aromatic heterocycles. The Morgan fingerprint density at radius 1 is 1.38 bits per heavy atom. The molecular weight excluding hydrogens is 290 g/mol. The van der Waals surface area contributed by atoms with Crippen molar-refractivity contribution < 1.29 is 9.26 Å². The average Bonchev–Trinajstić information content (AvgIpc) is 3.11. The first kappa shape index (κ1) is 13.9. The lowest BCUT2D eigenvalue weighted by atomic mass is 10.2. The van der Waals surface area contributed by atoms with Crippen molar-refractivity contribution in [2.24, 2.45) is 0 Å². The van der Waals surface area contributed by atoms with E-state index in [2.05, 4.69) is 21.6 Å². The van der Waals surface area contributed by atoms with Gasteiger partial charge in [-0.3, -0.25) is 0 Å². The summed E-state index contributed by atoms with van der Waals surface area (Å²) in [5, 5.41) is 5.41. The van der Waals surface area contributed by atoms with Crippen LogP contribution in [0, 0.1) is 0 Å². The third-order valence-electron chi connectivity index (χ3n) is 3.44. The van der Waals surface area contributed by atoms with E-state index in [4.69, 9.17) is 20.9 Å². The molecule has 0 aliphatic carbocycles. The number of halogens is 1. The van der Waals surface area contributed by atoms with Crippen LogP contribution in [0.15, 0.2) is 29.0 Å². The highest BCUT2D eigenvalue weighted by Crippen LogP contribution is 2.36. The van der Waals surface area contributed by atoms with Crippen LogP contribution in [-0.4, -0.2) is 21.8 Å². The Labute approximate surface area is 127 Å². The summed E-state index contributed by atoms with van der Waals surface area (Å²) < 4.78 is 12.7. The third-order valence-corrected chi connectivity index (χ3v) is 3.80. The van der Waals surface area contributed by atoms with Gasteiger partial charge in [0.15, 0.2) is 17.1 Å². The van der Waals surface area contributed by atoms with E-state index in [1.54, 1.807) is 13.3 Å². The lowest BCUT2D eigenvalue weighted by Crippen LogP contribution is -1.99. The van der Waals surface area contributed by atoms with E-state index in [-0.39, 0.29) is 0 Å². The third kappa shape index (κ3) is 2.38. The van der Waals surface area contributed by atoms with Crippen LogP contribution in [0.25, 0.3) is 22.5 Å². The molecule has 0 aliphatic heterocycles. The minimum Gasteiger partial charge on any atom is -0.495 e. The van der Waals surface area contributed by atoms with Crippen molar-refractivity contribution in [2.45, 2.75) is 26.3 Å². The minimum absolute atomic E-state index is 0.431. The fraction of sp³-hybridized carbons (Fsp3) is 0.333. The van der Waals surface area contributed by atoms with Gasteiger partial charge in [0.1, 0.15) is 10.8 Å². The predicted molar refractivity (Wildman–Crippen MR) is 81.7 cm³/mol. The Morgan fingerprint density at radius 3 is 3.00 bits per heavy atom. The van der Waals surface area contributed by atoms with Crippen molar-refractivity contribution in [3.63, 3.8) is 0 Å². The number of fused-ring (bicyclic) bond motifs is 1. The second-order valence-corrected chi connectivity index (χ2v) is 5.17. The summed E-state index contributed by atoms with van der Waals surface area (Å²) in [6, 6.07) is 3.70. The molecule has 0 saturated carbocycles. The highest BCUT2D eigenvalue weighted by atomic mass is 35.5. The molecular formula is C15H16ClN3O2. The minimum atomic E-state index is 0.431. The molecule has 0 atom stereocenters. The molecule has 0 amide bonds. The summed E-state index contributed by atoms with van der Waals surface area (Å²) in [4.78, 5) is 4.40. The second-order valence-electron chi connectivity index (χ2n) is 4.79.